The Morgan fingerprint density at radius 1 is 1.69 bits per heavy atom. The molecule has 0 radical (unpaired) electrons. The third kappa shape index (κ3) is 3.50. The molecule has 7 heteroatoms. The van der Waals surface area contributed by atoms with Crippen molar-refractivity contribution in [2.45, 2.75) is 31.8 Å². The van der Waals surface area contributed by atoms with Gasteiger partial charge in [-0.05, 0) is 19.8 Å². The minimum absolute atomic E-state index is 0.110. The van der Waals surface area contributed by atoms with E-state index in [2.05, 4.69) is 15.6 Å². The summed E-state index contributed by atoms with van der Waals surface area (Å²) in [7, 11) is 0. The molecular weight excluding hydrogens is 212 g/mol. The second-order valence-corrected chi connectivity index (χ2v) is 3.67. The highest BCUT2D eigenvalue weighted by Gasteiger charge is 2.23. The van der Waals surface area contributed by atoms with Crippen molar-refractivity contribution < 1.29 is 14.7 Å². The fraction of sp³-hybridized carbons (Fsp3) is 0.667. The predicted molar refractivity (Wildman–Crippen MR) is 57.9 cm³/mol. The molecule has 90 valence electrons. The van der Waals surface area contributed by atoms with Gasteiger partial charge < -0.3 is 16.2 Å². The summed E-state index contributed by atoms with van der Waals surface area (Å²) in [6.45, 7) is 2.18. The summed E-state index contributed by atoms with van der Waals surface area (Å²) >= 11 is 0. The summed E-state index contributed by atoms with van der Waals surface area (Å²) in [5.74, 6) is -0.670. The molecular formula is C9H16N4O3. The Kier molecular flexibility index (Phi) is 4.24. The number of carbonyl (C=O) groups excluding carboxylic acids is 1. The van der Waals surface area contributed by atoms with Gasteiger partial charge in [0.15, 0.2) is 5.96 Å². The molecule has 0 spiro atoms. The molecule has 1 amide bonds. The number of guanidine groups is 1. The number of aliphatic carboxylic acids is 1. The number of hydrogen-bond acceptors (Lipinski definition) is 4. The molecule has 1 aliphatic rings. The van der Waals surface area contributed by atoms with Crippen LogP contribution in [0.1, 0.15) is 19.8 Å². The molecule has 5 N–H and O–H groups in total. The predicted octanol–water partition coefficient (Wildman–Crippen LogP) is -1.36. The van der Waals surface area contributed by atoms with Crippen molar-refractivity contribution in [2.75, 3.05) is 6.54 Å². The van der Waals surface area contributed by atoms with Gasteiger partial charge in [0.1, 0.15) is 12.1 Å². The van der Waals surface area contributed by atoms with Crippen LogP contribution < -0.4 is 16.4 Å². The molecule has 16 heavy (non-hydrogen) atoms. The SMILES string of the molecule is C[C@@H]1NC(=NCCC[C@H](N)C(=O)O)NC1=O. The average molecular weight is 228 g/mol. The maximum absolute atomic E-state index is 11.1. The van der Waals surface area contributed by atoms with Gasteiger partial charge in [-0.2, -0.15) is 0 Å². The van der Waals surface area contributed by atoms with E-state index in [0.717, 1.165) is 0 Å². The number of nitrogens with two attached hydrogens (primary N) is 1. The molecule has 0 bridgehead atoms. The summed E-state index contributed by atoms with van der Waals surface area (Å²) in [6, 6.07) is -1.11. The smallest absolute Gasteiger partial charge is 0.320 e. The quantitative estimate of drug-likeness (QED) is 0.434. The third-order valence-electron chi connectivity index (χ3n) is 2.25. The zero-order valence-electron chi connectivity index (χ0n) is 9.06. The Hall–Kier alpha value is -1.63. The number of carboxylic acid groups (broad SMARTS) is 1. The van der Waals surface area contributed by atoms with E-state index in [-0.39, 0.29) is 11.9 Å². The maximum atomic E-state index is 11.1. The number of rotatable bonds is 5. The van der Waals surface area contributed by atoms with Gasteiger partial charge in [-0.3, -0.25) is 19.9 Å². The summed E-state index contributed by atoms with van der Waals surface area (Å²) in [6.07, 6.45) is 0.943. The molecule has 1 heterocycles. The summed E-state index contributed by atoms with van der Waals surface area (Å²) < 4.78 is 0. The molecule has 2 atom stereocenters. The van der Waals surface area contributed by atoms with Crippen LogP contribution in [0.25, 0.3) is 0 Å². The first-order valence-corrected chi connectivity index (χ1v) is 5.11. The van der Waals surface area contributed by atoms with Crippen molar-refractivity contribution in [3.63, 3.8) is 0 Å². The Morgan fingerprint density at radius 2 is 2.38 bits per heavy atom. The topological polar surface area (TPSA) is 117 Å². The number of carboxylic acids is 1. The van der Waals surface area contributed by atoms with E-state index < -0.39 is 12.0 Å². The van der Waals surface area contributed by atoms with Gasteiger partial charge >= 0.3 is 5.97 Å². The van der Waals surface area contributed by atoms with Crippen molar-refractivity contribution in [1.29, 1.82) is 0 Å². The van der Waals surface area contributed by atoms with Crippen LogP contribution in [0, 0.1) is 0 Å². The fourth-order valence-electron chi connectivity index (χ4n) is 1.24. The summed E-state index contributed by atoms with van der Waals surface area (Å²) in [5.41, 5.74) is 5.32. The molecule has 1 fully saturated rings. The molecule has 0 aliphatic carbocycles. The van der Waals surface area contributed by atoms with Crippen molar-refractivity contribution in [3.8, 4) is 0 Å². The molecule has 7 nitrogen and oxygen atoms in total. The first-order valence-electron chi connectivity index (χ1n) is 5.11. The van der Waals surface area contributed by atoms with Crippen molar-refractivity contribution in [3.05, 3.63) is 0 Å². The van der Waals surface area contributed by atoms with Gasteiger partial charge in [0, 0.05) is 6.54 Å². The van der Waals surface area contributed by atoms with E-state index >= 15 is 0 Å². The van der Waals surface area contributed by atoms with E-state index in [0.29, 0.717) is 25.3 Å². The molecule has 0 saturated carbocycles. The lowest BCUT2D eigenvalue weighted by Gasteiger charge is -2.04. The van der Waals surface area contributed by atoms with Gasteiger partial charge in [-0.25, -0.2) is 0 Å². The first kappa shape index (κ1) is 12.4. The van der Waals surface area contributed by atoms with Crippen LogP contribution in [0.5, 0.6) is 0 Å². The summed E-state index contributed by atoms with van der Waals surface area (Å²) in [4.78, 5) is 25.5. The highest BCUT2D eigenvalue weighted by molar-refractivity contribution is 6.06. The van der Waals surface area contributed by atoms with Gasteiger partial charge in [-0.15, -0.1) is 0 Å². The second kappa shape index (κ2) is 5.45. The normalized spacial score (nSPS) is 24.0. The molecule has 1 aliphatic heterocycles. The van der Waals surface area contributed by atoms with E-state index in [9.17, 15) is 9.59 Å². The lowest BCUT2D eigenvalue weighted by molar-refractivity contribution is -0.138. The zero-order valence-corrected chi connectivity index (χ0v) is 9.06. The van der Waals surface area contributed by atoms with Crippen LogP contribution in [-0.2, 0) is 9.59 Å². The fourth-order valence-corrected chi connectivity index (χ4v) is 1.24. The van der Waals surface area contributed by atoms with Crippen LogP contribution in [-0.4, -0.2) is 41.6 Å². The van der Waals surface area contributed by atoms with Crippen molar-refractivity contribution in [2.24, 2.45) is 10.7 Å². The Labute approximate surface area is 93.1 Å². The van der Waals surface area contributed by atoms with E-state index in [1.165, 1.54) is 0 Å². The number of nitrogens with one attached hydrogen (secondary N) is 2. The Bertz CT molecular complexity index is 316. The standard InChI is InChI=1S/C9H16N4O3/c1-5-7(14)13-9(12-5)11-4-2-3-6(10)8(15)16/h5-6H,2-4,10H2,1H3,(H,15,16)(H2,11,12,13,14)/t5-,6-/m0/s1. The average Bonchev–Trinajstić information content (AvgIpc) is 2.53. The van der Waals surface area contributed by atoms with Gasteiger partial charge in [0.2, 0.25) is 5.91 Å². The van der Waals surface area contributed by atoms with Crippen molar-refractivity contribution in [1.82, 2.24) is 10.6 Å². The minimum atomic E-state index is -1.01. The second-order valence-electron chi connectivity index (χ2n) is 3.67. The van der Waals surface area contributed by atoms with Gasteiger partial charge in [0.05, 0.1) is 0 Å². The van der Waals surface area contributed by atoms with Crippen LogP contribution in [0.3, 0.4) is 0 Å². The van der Waals surface area contributed by atoms with Crippen LogP contribution in [0.2, 0.25) is 0 Å². The van der Waals surface area contributed by atoms with E-state index in [1.54, 1.807) is 6.92 Å². The van der Waals surface area contributed by atoms with Crippen molar-refractivity contribution >= 4 is 17.8 Å². The minimum Gasteiger partial charge on any atom is -0.480 e. The molecule has 0 aromatic rings. The first-order chi connectivity index (χ1) is 7.50. The van der Waals surface area contributed by atoms with E-state index in [1.807, 2.05) is 0 Å². The number of aliphatic imine (C=N–C) groups is 1. The molecule has 0 aromatic carbocycles. The van der Waals surface area contributed by atoms with Gasteiger partial charge in [0.25, 0.3) is 0 Å². The van der Waals surface area contributed by atoms with Crippen LogP contribution >= 0.6 is 0 Å². The molecule has 1 rings (SSSR count). The van der Waals surface area contributed by atoms with Crippen LogP contribution in [0.15, 0.2) is 4.99 Å². The number of hydrogen-bond donors (Lipinski definition) is 4. The third-order valence-corrected chi connectivity index (χ3v) is 2.25. The molecule has 0 unspecified atom stereocenters. The van der Waals surface area contributed by atoms with Crippen LogP contribution in [0.4, 0.5) is 0 Å². The highest BCUT2D eigenvalue weighted by Crippen LogP contribution is 1.97. The van der Waals surface area contributed by atoms with Gasteiger partial charge in [-0.1, -0.05) is 0 Å². The molecule has 1 saturated heterocycles. The molecule has 0 aromatic heterocycles. The maximum Gasteiger partial charge on any atom is 0.320 e. The lowest BCUT2D eigenvalue weighted by atomic mass is 10.2. The highest BCUT2D eigenvalue weighted by atomic mass is 16.4. The summed E-state index contributed by atoms with van der Waals surface area (Å²) in [5, 5.41) is 14.0. The number of nitrogens with zero attached hydrogens (tertiary/aromatic N) is 1. The Balaban J connectivity index is 2.23. The van der Waals surface area contributed by atoms with E-state index in [4.69, 9.17) is 10.8 Å². The zero-order chi connectivity index (χ0) is 12.1. The monoisotopic (exact) mass is 228 g/mol. The largest absolute Gasteiger partial charge is 0.480 e. The number of carbonyl (C=O) groups is 2. The number of amides is 1. The Morgan fingerprint density at radius 3 is 2.88 bits per heavy atom. The lowest BCUT2D eigenvalue weighted by Crippen LogP contribution is -2.30.